The van der Waals surface area contributed by atoms with Crippen LogP contribution in [0.25, 0.3) is 0 Å². The van der Waals surface area contributed by atoms with Gasteiger partial charge < -0.3 is 15.4 Å². The summed E-state index contributed by atoms with van der Waals surface area (Å²) in [4.78, 5) is 11.9. The van der Waals surface area contributed by atoms with Gasteiger partial charge in [-0.15, -0.1) is 0 Å². The molecule has 0 spiro atoms. The third-order valence-corrected chi connectivity index (χ3v) is 4.22. The van der Waals surface area contributed by atoms with Crippen molar-refractivity contribution in [1.82, 2.24) is 10.6 Å². The zero-order chi connectivity index (χ0) is 13.9. The summed E-state index contributed by atoms with van der Waals surface area (Å²) in [5.74, 6) is 1.34. The van der Waals surface area contributed by atoms with Crippen LogP contribution in [0.15, 0.2) is 0 Å². The smallest absolute Gasteiger partial charge is 0.407 e. The van der Waals surface area contributed by atoms with Gasteiger partial charge in [0.05, 0.1) is 0 Å². The molecule has 0 unspecified atom stereocenters. The second-order valence-corrected chi connectivity index (χ2v) is 6.97. The van der Waals surface area contributed by atoms with Gasteiger partial charge in [0.2, 0.25) is 0 Å². The Hall–Kier alpha value is -0.770. The van der Waals surface area contributed by atoms with Gasteiger partial charge in [-0.2, -0.15) is 0 Å². The summed E-state index contributed by atoms with van der Waals surface area (Å²) in [5, 5.41) is 6.48. The largest absolute Gasteiger partial charge is 0.444 e. The van der Waals surface area contributed by atoms with Crippen molar-refractivity contribution in [3.8, 4) is 0 Å². The van der Waals surface area contributed by atoms with Gasteiger partial charge in [0.15, 0.2) is 0 Å². The third-order valence-electron chi connectivity index (χ3n) is 4.22. The summed E-state index contributed by atoms with van der Waals surface area (Å²) in [7, 11) is 0. The van der Waals surface area contributed by atoms with Crippen molar-refractivity contribution in [2.45, 2.75) is 64.5 Å². The van der Waals surface area contributed by atoms with E-state index in [4.69, 9.17) is 4.74 Å². The molecule has 2 aliphatic rings. The highest BCUT2D eigenvalue weighted by Gasteiger charge is 2.35. The Balaban J connectivity index is 1.86. The van der Waals surface area contributed by atoms with Gasteiger partial charge in [-0.1, -0.05) is 32.1 Å². The van der Waals surface area contributed by atoms with E-state index < -0.39 is 5.60 Å². The van der Waals surface area contributed by atoms with Gasteiger partial charge in [0.1, 0.15) is 5.60 Å². The van der Waals surface area contributed by atoms with Crippen molar-refractivity contribution in [3.63, 3.8) is 0 Å². The zero-order valence-electron chi connectivity index (χ0n) is 12.5. The first-order valence-electron chi connectivity index (χ1n) is 7.66. The fraction of sp³-hybridized carbons (Fsp3) is 0.933. The molecule has 0 aromatic heterocycles. The highest BCUT2D eigenvalue weighted by Crippen LogP contribution is 2.33. The van der Waals surface area contributed by atoms with E-state index in [1.165, 1.54) is 32.1 Å². The first kappa shape index (κ1) is 14.6. The molecule has 0 radical (unpaired) electrons. The predicted octanol–water partition coefficient (Wildman–Crippen LogP) is 2.68. The Morgan fingerprint density at radius 1 is 1.16 bits per heavy atom. The lowest BCUT2D eigenvalue weighted by Crippen LogP contribution is -2.45. The summed E-state index contributed by atoms with van der Waals surface area (Å²) in [6.07, 6.45) is 6.43. The average molecular weight is 268 g/mol. The molecule has 2 N–H and O–H groups in total. The van der Waals surface area contributed by atoms with Crippen molar-refractivity contribution < 1.29 is 9.53 Å². The first-order valence-corrected chi connectivity index (χ1v) is 7.66. The van der Waals surface area contributed by atoms with E-state index in [0.29, 0.717) is 5.92 Å². The Morgan fingerprint density at radius 3 is 2.47 bits per heavy atom. The third kappa shape index (κ3) is 4.37. The number of nitrogens with one attached hydrogen (secondary N) is 2. The lowest BCUT2D eigenvalue weighted by Gasteiger charge is -2.31. The van der Waals surface area contributed by atoms with Crippen LogP contribution in [0.4, 0.5) is 4.79 Å². The van der Waals surface area contributed by atoms with E-state index in [1.807, 2.05) is 20.8 Å². The van der Waals surface area contributed by atoms with Crippen molar-refractivity contribution >= 4 is 6.09 Å². The van der Waals surface area contributed by atoms with Gasteiger partial charge in [0.25, 0.3) is 0 Å². The van der Waals surface area contributed by atoms with Crippen LogP contribution < -0.4 is 10.6 Å². The van der Waals surface area contributed by atoms with Gasteiger partial charge in [-0.05, 0) is 32.6 Å². The average Bonchev–Trinajstić information content (AvgIpc) is 2.75. The second kappa shape index (κ2) is 6.12. The van der Waals surface area contributed by atoms with Gasteiger partial charge in [-0.3, -0.25) is 0 Å². The molecule has 2 fully saturated rings. The Morgan fingerprint density at radius 2 is 1.84 bits per heavy atom. The van der Waals surface area contributed by atoms with Crippen LogP contribution in [-0.4, -0.2) is 30.8 Å². The number of hydrogen-bond donors (Lipinski definition) is 2. The number of carbonyl (C=O) groups excluding carboxylic acids is 1. The topological polar surface area (TPSA) is 50.4 Å². The van der Waals surface area contributed by atoms with Crippen molar-refractivity contribution in [1.29, 1.82) is 0 Å². The maximum atomic E-state index is 11.9. The Labute approximate surface area is 116 Å². The molecular weight excluding hydrogens is 240 g/mol. The van der Waals surface area contributed by atoms with Crippen LogP contribution in [0.2, 0.25) is 0 Å². The molecule has 1 amide bonds. The van der Waals surface area contributed by atoms with Crippen molar-refractivity contribution in [3.05, 3.63) is 0 Å². The van der Waals surface area contributed by atoms with Crippen LogP contribution in [0.1, 0.15) is 52.9 Å². The maximum Gasteiger partial charge on any atom is 0.407 e. The number of ether oxygens (including phenoxy) is 1. The molecule has 1 aliphatic carbocycles. The molecule has 1 aliphatic heterocycles. The first-order chi connectivity index (χ1) is 8.96. The van der Waals surface area contributed by atoms with E-state index in [1.54, 1.807) is 0 Å². The van der Waals surface area contributed by atoms with Crippen molar-refractivity contribution in [2.75, 3.05) is 13.1 Å². The van der Waals surface area contributed by atoms with E-state index in [2.05, 4.69) is 10.6 Å². The number of alkyl carbamates (subject to hydrolysis) is 1. The molecule has 2 rings (SSSR count). The zero-order valence-corrected chi connectivity index (χ0v) is 12.5. The lowest BCUT2D eigenvalue weighted by molar-refractivity contribution is 0.0484. The molecule has 0 aromatic rings. The van der Waals surface area contributed by atoms with Gasteiger partial charge in [-0.25, -0.2) is 4.79 Å². The summed E-state index contributed by atoms with van der Waals surface area (Å²) < 4.78 is 5.36. The molecule has 110 valence electrons. The number of rotatable bonds is 2. The SMILES string of the molecule is CC(C)(C)OC(=O)N[C@H]1CNC[C@H]1C1CCCCC1. The molecule has 0 bridgehead atoms. The van der Waals surface area contributed by atoms with Crippen LogP contribution in [0, 0.1) is 11.8 Å². The minimum Gasteiger partial charge on any atom is -0.444 e. The maximum absolute atomic E-state index is 11.9. The molecule has 0 aromatic carbocycles. The monoisotopic (exact) mass is 268 g/mol. The molecule has 1 heterocycles. The highest BCUT2D eigenvalue weighted by molar-refractivity contribution is 5.68. The lowest BCUT2D eigenvalue weighted by atomic mass is 9.78. The van der Waals surface area contributed by atoms with Crippen LogP contribution in [0.5, 0.6) is 0 Å². The fourth-order valence-electron chi connectivity index (χ4n) is 3.37. The van der Waals surface area contributed by atoms with Gasteiger partial charge >= 0.3 is 6.09 Å². The molecule has 1 saturated heterocycles. The fourth-order valence-corrected chi connectivity index (χ4v) is 3.37. The van der Waals surface area contributed by atoms with Crippen LogP contribution in [-0.2, 0) is 4.74 Å². The molecule has 4 nitrogen and oxygen atoms in total. The van der Waals surface area contributed by atoms with E-state index >= 15 is 0 Å². The van der Waals surface area contributed by atoms with Crippen LogP contribution >= 0.6 is 0 Å². The minimum absolute atomic E-state index is 0.234. The number of hydrogen-bond acceptors (Lipinski definition) is 3. The van der Waals surface area contributed by atoms with E-state index in [-0.39, 0.29) is 12.1 Å². The minimum atomic E-state index is -0.420. The molecule has 19 heavy (non-hydrogen) atoms. The van der Waals surface area contributed by atoms with E-state index in [0.717, 1.165) is 19.0 Å². The van der Waals surface area contributed by atoms with E-state index in [9.17, 15) is 4.79 Å². The summed E-state index contributed by atoms with van der Waals surface area (Å²) in [6.45, 7) is 7.61. The Kier molecular flexibility index (Phi) is 4.71. The molecular formula is C15H28N2O2. The van der Waals surface area contributed by atoms with Crippen molar-refractivity contribution in [2.24, 2.45) is 11.8 Å². The van der Waals surface area contributed by atoms with Crippen LogP contribution in [0.3, 0.4) is 0 Å². The predicted molar refractivity (Wildman–Crippen MR) is 76.1 cm³/mol. The number of amides is 1. The second-order valence-electron chi connectivity index (χ2n) is 6.97. The standard InChI is InChI=1S/C15H28N2O2/c1-15(2,3)19-14(18)17-13-10-16-9-12(13)11-7-5-4-6-8-11/h11-13,16H,4-10H2,1-3H3,(H,17,18)/t12-,13-/m0/s1. The normalized spacial score (nSPS) is 29.2. The van der Waals surface area contributed by atoms with Gasteiger partial charge in [0, 0.05) is 19.1 Å². The molecule has 4 heteroatoms. The number of carbonyl (C=O) groups is 1. The molecule has 1 saturated carbocycles. The summed E-state index contributed by atoms with van der Waals surface area (Å²) in [6, 6.07) is 0.234. The molecule has 2 atom stereocenters. The summed E-state index contributed by atoms with van der Waals surface area (Å²) >= 11 is 0. The summed E-state index contributed by atoms with van der Waals surface area (Å²) in [5.41, 5.74) is -0.420. The highest BCUT2D eigenvalue weighted by atomic mass is 16.6. The quantitative estimate of drug-likeness (QED) is 0.809. The Bertz CT molecular complexity index is 306.